The zero-order valence-corrected chi connectivity index (χ0v) is 10.9. The zero-order valence-electron chi connectivity index (χ0n) is 9.27. The van der Waals surface area contributed by atoms with Crippen molar-refractivity contribution in [2.24, 2.45) is 0 Å². The predicted octanol–water partition coefficient (Wildman–Crippen LogP) is 2.71. The first kappa shape index (κ1) is 11.9. The third-order valence-corrected chi connectivity index (χ3v) is 2.94. The van der Waals surface area contributed by atoms with E-state index in [2.05, 4.69) is 31.2 Å². The van der Waals surface area contributed by atoms with Gasteiger partial charge in [-0.05, 0) is 24.6 Å². The van der Waals surface area contributed by atoms with E-state index in [0.717, 1.165) is 10.0 Å². The summed E-state index contributed by atoms with van der Waals surface area (Å²) in [7, 11) is 0. The fraction of sp³-hybridized carbons (Fsp3) is 0.167. The van der Waals surface area contributed by atoms with E-state index in [1.807, 2.05) is 31.2 Å². The van der Waals surface area contributed by atoms with Crippen molar-refractivity contribution in [1.29, 1.82) is 0 Å². The number of anilines is 1. The van der Waals surface area contributed by atoms with E-state index in [4.69, 9.17) is 0 Å². The van der Waals surface area contributed by atoms with Crippen LogP contribution >= 0.6 is 15.9 Å². The van der Waals surface area contributed by atoms with Crippen molar-refractivity contribution >= 4 is 21.7 Å². The Balaban J connectivity index is 2.14. The molecule has 2 aromatic rings. The van der Waals surface area contributed by atoms with E-state index >= 15 is 0 Å². The average Bonchev–Trinajstić information content (AvgIpc) is 2.29. The molecule has 1 aromatic heterocycles. The number of benzene rings is 1. The summed E-state index contributed by atoms with van der Waals surface area (Å²) in [5, 5.41) is 3.17. The molecule has 1 heterocycles. The molecular weight excluding hydrogens is 282 g/mol. The van der Waals surface area contributed by atoms with Gasteiger partial charge in [0, 0.05) is 16.6 Å². The normalized spacial score (nSPS) is 12.1. The van der Waals surface area contributed by atoms with Gasteiger partial charge in [-0.15, -0.1) is 0 Å². The predicted molar refractivity (Wildman–Crippen MR) is 71.0 cm³/mol. The molecule has 1 aromatic carbocycles. The van der Waals surface area contributed by atoms with Crippen LogP contribution in [0.25, 0.3) is 0 Å². The third kappa shape index (κ3) is 3.17. The molecule has 5 heteroatoms. The van der Waals surface area contributed by atoms with Gasteiger partial charge in [0.15, 0.2) is 0 Å². The van der Waals surface area contributed by atoms with Gasteiger partial charge in [-0.2, -0.15) is 0 Å². The molecule has 1 atom stereocenters. The highest BCUT2D eigenvalue weighted by Gasteiger charge is 2.05. The first-order valence-electron chi connectivity index (χ1n) is 5.22. The number of nitrogens with zero attached hydrogens (tertiary/aromatic N) is 1. The lowest BCUT2D eigenvalue weighted by molar-refractivity contribution is 0.870. The zero-order chi connectivity index (χ0) is 12.3. The van der Waals surface area contributed by atoms with Crippen LogP contribution in [0.15, 0.2) is 45.9 Å². The van der Waals surface area contributed by atoms with Crippen LogP contribution in [-0.2, 0) is 0 Å². The van der Waals surface area contributed by atoms with Crippen molar-refractivity contribution in [2.45, 2.75) is 13.0 Å². The molecule has 0 fully saturated rings. The van der Waals surface area contributed by atoms with E-state index in [9.17, 15) is 4.79 Å². The molecule has 17 heavy (non-hydrogen) atoms. The minimum atomic E-state index is -0.162. The lowest BCUT2D eigenvalue weighted by atomic mass is 10.1. The monoisotopic (exact) mass is 293 g/mol. The summed E-state index contributed by atoms with van der Waals surface area (Å²) in [4.78, 5) is 17.6. The molecule has 0 bridgehead atoms. The maximum absolute atomic E-state index is 11.1. The van der Waals surface area contributed by atoms with Crippen molar-refractivity contribution in [2.75, 3.05) is 5.32 Å². The number of H-pyrrole nitrogens is 1. The SMILES string of the molecule is CC(Nc1cc(=O)[nH]cn1)c1ccc(Br)cc1. The summed E-state index contributed by atoms with van der Waals surface area (Å²) in [6.07, 6.45) is 1.39. The second kappa shape index (κ2) is 5.14. The number of hydrogen-bond donors (Lipinski definition) is 2. The highest BCUT2D eigenvalue weighted by atomic mass is 79.9. The van der Waals surface area contributed by atoms with Crippen molar-refractivity contribution in [3.63, 3.8) is 0 Å². The molecule has 88 valence electrons. The van der Waals surface area contributed by atoms with Gasteiger partial charge in [0.2, 0.25) is 0 Å². The molecule has 0 saturated carbocycles. The van der Waals surface area contributed by atoms with Gasteiger partial charge in [-0.1, -0.05) is 28.1 Å². The molecular formula is C12H12BrN3O. The van der Waals surface area contributed by atoms with Gasteiger partial charge >= 0.3 is 0 Å². The van der Waals surface area contributed by atoms with Gasteiger partial charge in [-0.3, -0.25) is 4.79 Å². The Labute approximate surface area is 107 Å². The number of nitrogens with one attached hydrogen (secondary N) is 2. The Morgan fingerprint density at radius 3 is 2.71 bits per heavy atom. The number of halogens is 1. The van der Waals surface area contributed by atoms with Crippen LogP contribution in [0.4, 0.5) is 5.82 Å². The Kier molecular flexibility index (Phi) is 3.58. The van der Waals surface area contributed by atoms with Crippen LogP contribution in [0.1, 0.15) is 18.5 Å². The van der Waals surface area contributed by atoms with Crippen LogP contribution in [0, 0.1) is 0 Å². The lowest BCUT2D eigenvalue weighted by Crippen LogP contribution is -2.12. The molecule has 0 spiro atoms. The largest absolute Gasteiger partial charge is 0.363 e. The van der Waals surface area contributed by atoms with Gasteiger partial charge in [0.25, 0.3) is 5.56 Å². The highest BCUT2D eigenvalue weighted by molar-refractivity contribution is 9.10. The molecule has 0 saturated heterocycles. The van der Waals surface area contributed by atoms with E-state index in [-0.39, 0.29) is 11.6 Å². The second-order valence-electron chi connectivity index (χ2n) is 3.71. The van der Waals surface area contributed by atoms with Crippen LogP contribution in [0.5, 0.6) is 0 Å². The molecule has 4 nitrogen and oxygen atoms in total. The molecule has 0 aliphatic carbocycles. The molecule has 0 aliphatic heterocycles. The average molecular weight is 294 g/mol. The van der Waals surface area contributed by atoms with Gasteiger partial charge in [0.05, 0.1) is 6.33 Å². The van der Waals surface area contributed by atoms with E-state index in [0.29, 0.717) is 5.82 Å². The summed E-state index contributed by atoms with van der Waals surface area (Å²) in [6, 6.07) is 9.55. The Morgan fingerprint density at radius 1 is 1.35 bits per heavy atom. The molecule has 2 rings (SSSR count). The lowest BCUT2D eigenvalue weighted by Gasteiger charge is -2.14. The van der Waals surface area contributed by atoms with Crippen molar-refractivity contribution < 1.29 is 0 Å². The first-order chi connectivity index (χ1) is 8.15. The maximum Gasteiger partial charge on any atom is 0.252 e. The maximum atomic E-state index is 11.1. The Morgan fingerprint density at radius 2 is 2.06 bits per heavy atom. The van der Waals surface area contributed by atoms with Gasteiger partial charge < -0.3 is 10.3 Å². The van der Waals surface area contributed by atoms with Gasteiger partial charge in [0.1, 0.15) is 5.82 Å². The van der Waals surface area contributed by atoms with Crippen LogP contribution in [-0.4, -0.2) is 9.97 Å². The van der Waals surface area contributed by atoms with Crippen molar-refractivity contribution in [3.8, 4) is 0 Å². The summed E-state index contributed by atoms with van der Waals surface area (Å²) >= 11 is 3.39. The number of rotatable bonds is 3. The van der Waals surface area contributed by atoms with E-state index in [1.165, 1.54) is 12.4 Å². The summed E-state index contributed by atoms with van der Waals surface area (Å²) in [5.41, 5.74) is 0.973. The van der Waals surface area contributed by atoms with Gasteiger partial charge in [-0.25, -0.2) is 4.98 Å². The Hall–Kier alpha value is -1.62. The molecule has 2 N–H and O–H groups in total. The minimum Gasteiger partial charge on any atom is -0.363 e. The fourth-order valence-electron chi connectivity index (χ4n) is 1.50. The number of aromatic nitrogens is 2. The van der Waals surface area contributed by atoms with Crippen molar-refractivity contribution in [1.82, 2.24) is 9.97 Å². The first-order valence-corrected chi connectivity index (χ1v) is 6.01. The quantitative estimate of drug-likeness (QED) is 0.915. The second-order valence-corrected chi connectivity index (χ2v) is 4.63. The number of hydrogen-bond acceptors (Lipinski definition) is 3. The molecule has 0 radical (unpaired) electrons. The minimum absolute atomic E-state index is 0.0948. The van der Waals surface area contributed by atoms with Crippen molar-refractivity contribution in [3.05, 3.63) is 57.0 Å². The molecule has 0 aliphatic rings. The van der Waals surface area contributed by atoms with Crippen LogP contribution in [0.2, 0.25) is 0 Å². The summed E-state index contributed by atoms with van der Waals surface area (Å²) in [5.74, 6) is 0.573. The fourth-order valence-corrected chi connectivity index (χ4v) is 1.77. The topological polar surface area (TPSA) is 57.8 Å². The van der Waals surface area contributed by atoms with Crippen LogP contribution < -0.4 is 10.9 Å². The third-order valence-electron chi connectivity index (χ3n) is 2.41. The highest BCUT2D eigenvalue weighted by Crippen LogP contribution is 2.19. The van der Waals surface area contributed by atoms with E-state index < -0.39 is 0 Å². The Bertz CT molecular complexity index is 550. The molecule has 0 amide bonds. The number of aromatic amines is 1. The smallest absolute Gasteiger partial charge is 0.252 e. The van der Waals surface area contributed by atoms with Crippen LogP contribution in [0.3, 0.4) is 0 Å². The molecule has 1 unspecified atom stereocenters. The van der Waals surface area contributed by atoms with E-state index in [1.54, 1.807) is 0 Å². The summed E-state index contributed by atoms with van der Waals surface area (Å²) < 4.78 is 1.04. The standard InChI is InChI=1S/C12H12BrN3O/c1-8(9-2-4-10(13)5-3-9)16-11-6-12(17)15-7-14-11/h2-8H,1H3,(H2,14,15,16,17). The summed E-state index contributed by atoms with van der Waals surface area (Å²) in [6.45, 7) is 2.02.